The molecule has 4 heteroatoms. The molecule has 0 radical (unpaired) electrons. The number of halogens is 1. The van der Waals surface area contributed by atoms with Gasteiger partial charge in [0, 0.05) is 17.3 Å². The Morgan fingerprint density at radius 2 is 1.82 bits per heavy atom. The molecule has 1 N–H and O–H groups in total. The van der Waals surface area contributed by atoms with Crippen LogP contribution in [0.1, 0.15) is 30.0 Å². The summed E-state index contributed by atoms with van der Waals surface area (Å²) in [6, 6.07) is 15.7. The number of aryl methyl sites for hydroxylation is 1. The van der Waals surface area contributed by atoms with E-state index in [1.54, 1.807) is 12.1 Å². The highest BCUT2D eigenvalue weighted by atomic mass is 35.5. The van der Waals surface area contributed by atoms with E-state index >= 15 is 0 Å². The van der Waals surface area contributed by atoms with Crippen molar-refractivity contribution < 1.29 is 4.79 Å². The molecule has 0 aromatic heterocycles. The lowest BCUT2D eigenvalue weighted by Gasteiger charge is -2.25. The van der Waals surface area contributed by atoms with E-state index < -0.39 is 0 Å². The van der Waals surface area contributed by atoms with E-state index in [4.69, 9.17) is 11.6 Å². The molecule has 3 nitrogen and oxygen atoms in total. The molecule has 114 valence electrons. The fraction of sp³-hybridized carbons (Fsp3) is 0.278. The van der Waals surface area contributed by atoms with E-state index in [1.807, 2.05) is 17.0 Å². The van der Waals surface area contributed by atoms with Crippen LogP contribution in [0.15, 0.2) is 48.5 Å². The number of hydrogen-bond acceptors (Lipinski definition) is 1. The first-order valence-corrected chi connectivity index (χ1v) is 7.91. The average Bonchev–Trinajstić information content (AvgIpc) is 3.00. The smallest absolute Gasteiger partial charge is 0.317 e. The number of urea groups is 1. The number of amides is 2. The van der Waals surface area contributed by atoms with E-state index in [-0.39, 0.29) is 12.1 Å². The van der Waals surface area contributed by atoms with Crippen LogP contribution in [0.2, 0.25) is 5.02 Å². The quantitative estimate of drug-likeness (QED) is 0.829. The van der Waals surface area contributed by atoms with Gasteiger partial charge in [-0.05, 0) is 49.6 Å². The number of nitrogens with zero attached hydrogens (tertiary/aromatic N) is 1. The van der Waals surface area contributed by atoms with Crippen molar-refractivity contribution in [2.45, 2.75) is 25.8 Å². The Morgan fingerprint density at radius 1 is 1.14 bits per heavy atom. The molecule has 1 aliphatic heterocycles. The minimum atomic E-state index is -0.0506. The van der Waals surface area contributed by atoms with Crippen molar-refractivity contribution in [1.29, 1.82) is 0 Å². The summed E-state index contributed by atoms with van der Waals surface area (Å²) in [5.41, 5.74) is 3.21. The molecule has 0 bridgehead atoms. The van der Waals surface area contributed by atoms with Crippen molar-refractivity contribution in [3.63, 3.8) is 0 Å². The molecule has 2 aromatic carbocycles. The Bertz CT molecular complexity index is 652. The highest BCUT2D eigenvalue weighted by Gasteiger charge is 2.29. The standard InChI is InChI=1S/C18H19ClN2O/c1-13-4-6-14(7-5-13)17-3-2-12-21(17)18(22)20-16-10-8-15(19)9-11-16/h4-11,17H,2-3,12H2,1H3,(H,20,22)/t17-/m0/s1. The van der Waals surface area contributed by atoms with Crippen LogP contribution >= 0.6 is 11.6 Å². The predicted octanol–water partition coefficient (Wildman–Crippen LogP) is 5.02. The second kappa shape index (κ2) is 6.41. The summed E-state index contributed by atoms with van der Waals surface area (Å²) in [6.45, 7) is 2.86. The van der Waals surface area contributed by atoms with Crippen molar-refractivity contribution in [1.82, 2.24) is 4.90 Å². The van der Waals surface area contributed by atoms with Crippen LogP contribution in [0.25, 0.3) is 0 Å². The molecular formula is C18H19ClN2O. The van der Waals surface area contributed by atoms with Crippen LogP contribution in [-0.2, 0) is 0 Å². The van der Waals surface area contributed by atoms with E-state index in [9.17, 15) is 4.79 Å². The van der Waals surface area contributed by atoms with Gasteiger partial charge in [-0.3, -0.25) is 0 Å². The molecule has 0 aliphatic carbocycles. The summed E-state index contributed by atoms with van der Waals surface area (Å²) in [7, 11) is 0. The van der Waals surface area contributed by atoms with Gasteiger partial charge in [-0.2, -0.15) is 0 Å². The third-order valence-corrected chi connectivity index (χ3v) is 4.32. The number of rotatable bonds is 2. The molecule has 1 saturated heterocycles. The maximum atomic E-state index is 12.5. The van der Waals surface area contributed by atoms with Crippen LogP contribution in [0.3, 0.4) is 0 Å². The molecule has 1 fully saturated rings. The van der Waals surface area contributed by atoms with Crippen molar-refractivity contribution in [2.24, 2.45) is 0 Å². The molecule has 3 rings (SSSR count). The van der Waals surface area contributed by atoms with Crippen molar-refractivity contribution >= 4 is 23.3 Å². The summed E-state index contributed by atoms with van der Waals surface area (Å²) in [4.78, 5) is 14.4. The van der Waals surface area contributed by atoms with E-state index in [0.29, 0.717) is 5.02 Å². The second-order valence-corrected chi connectivity index (χ2v) is 6.14. The van der Waals surface area contributed by atoms with E-state index in [2.05, 4.69) is 36.5 Å². The number of carbonyl (C=O) groups is 1. The molecule has 2 amide bonds. The second-order valence-electron chi connectivity index (χ2n) is 5.70. The van der Waals surface area contributed by atoms with Gasteiger partial charge in [-0.1, -0.05) is 41.4 Å². The third-order valence-electron chi connectivity index (χ3n) is 4.07. The summed E-state index contributed by atoms with van der Waals surface area (Å²) in [6.07, 6.45) is 2.05. The van der Waals surface area contributed by atoms with Crippen molar-refractivity contribution in [3.8, 4) is 0 Å². The SMILES string of the molecule is Cc1ccc([C@@H]2CCCN2C(=O)Nc2ccc(Cl)cc2)cc1. The number of nitrogens with one attached hydrogen (secondary N) is 1. The number of benzene rings is 2. The van der Waals surface area contributed by atoms with Crippen LogP contribution in [-0.4, -0.2) is 17.5 Å². The molecule has 0 saturated carbocycles. The van der Waals surface area contributed by atoms with Crippen molar-refractivity contribution in [2.75, 3.05) is 11.9 Å². The Hall–Kier alpha value is -2.00. The average molecular weight is 315 g/mol. The normalized spacial score (nSPS) is 17.5. The molecule has 1 atom stereocenters. The zero-order valence-electron chi connectivity index (χ0n) is 12.6. The van der Waals surface area contributed by atoms with Crippen molar-refractivity contribution in [3.05, 3.63) is 64.7 Å². The van der Waals surface area contributed by atoms with Gasteiger partial charge in [-0.25, -0.2) is 4.79 Å². The number of likely N-dealkylation sites (tertiary alicyclic amines) is 1. The zero-order chi connectivity index (χ0) is 15.5. The fourth-order valence-corrected chi connectivity index (χ4v) is 3.00. The van der Waals surface area contributed by atoms with Gasteiger partial charge in [0.1, 0.15) is 0 Å². The van der Waals surface area contributed by atoms with Gasteiger partial charge < -0.3 is 10.2 Å². The lowest BCUT2D eigenvalue weighted by molar-refractivity contribution is 0.207. The number of carbonyl (C=O) groups excluding carboxylic acids is 1. The lowest BCUT2D eigenvalue weighted by atomic mass is 10.0. The van der Waals surface area contributed by atoms with Gasteiger partial charge in [0.15, 0.2) is 0 Å². The molecule has 22 heavy (non-hydrogen) atoms. The predicted molar refractivity (Wildman–Crippen MR) is 90.3 cm³/mol. The molecule has 0 unspecified atom stereocenters. The minimum absolute atomic E-state index is 0.0506. The summed E-state index contributed by atoms with van der Waals surface area (Å²) >= 11 is 5.87. The monoisotopic (exact) mass is 314 g/mol. The Morgan fingerprint density at radius 3 is 2.50 bits per heavy atom. The Kier molecular flexibility index (Phi) is 4.34. The highest BCUT2D eigenvalue weighted by molar-refractivity contribution is 6.30. The zero-order valence-corrected chi connectivity index (χ0v) is 13.3. The molecular weight excluding hydrogens is 296 g/mol. The van der Waals surface area contributed by atoms with Gasteiger partial charge in [0.25, 0.3) is 0 Å². The van der Waals surface area contributed by atoms with Crippen LogP contribution in [0.4, 0.5) is 10.5 Å². The van der Waals surface area contributed by atoms with E-state index in [1.165, 1.54) is 11.1 Å². The minimum Gasteiger partial charge on any atom is -0.317 e. The van der Waals surface area contributed by atoms with Gasteiger partial charge >= 0.3 is 6.03 Å². The first-order chi connectivity index (χ1) is 10.6. The third kappa shape index (κ3) is 3.25. The van der Waals surface area contributed by atoms with Crippen LogP contribution < -0.4 is 5.32 Å². The maximum Gasteiger partial charge on any atom is 0.322 e. The summed E-state index contributed by atoms with van der Waals surface area (Å²) < 4.78 is 0. The summed E-state index contributed by atoms with van der Waals surface area (Å²) in [5, 5.41) is 3.61. The largest absolute Gasteiger partial charge is 0.322 e. The molecule has 1 aliphatic rings. The fourth-order valence-electron chi connectivity index (χ4n) is 2.87. The van der Waals surface area contributed by atoms with Crippen LogP contribution in [0.5, 0.6) is 0 Å². The lowest BCUT2D eigenvalue weighted by Crippen LogP contribution is -2.34. The Labute approximate surface area is 135 Å². The number of hydrogen-bond donors (Lipinski definition) is 1. The maximum absolute atomic E-state index is 12.5. The molecule has 1 heterocycles. The van der Waals surface area contributed by atoms with Gasteiger partial charge in [0.05, 0.1) is 6.04 Å². The molecule has 2 aromatic rings. The molecule has 0 spiro atoms. The van der Waals surface area contributed by atoms with Crippen LogP contribution in [0, 0.1) is 6.92 Å². The first kappa shape index (κ1) is 14.9. The van der Waals surface area contributed by atoms with Gasteiger partial charge in [-0.15, -0.1) is 0 Å². The topological polar surface area (TPSA) is 32.3 Å². The first-order valence-electron chi connectivity index (χ1n) is 7.53. The summed E-state index contributed by atoms with van der Waals surface area (Å²) in [5.74, 6) is 0. The van der Waals surface area contributed by atoms with Gasteiger partial charge in [0.2, 0.25) is 0 Å². The highest BCUT2D eigenvalue weighted by Crippen LogP contribution is 2.32. The Balaban J connectivity index is 1.73. The number of anilines is 1. The van der Waals surface area contributed by atoms with E-state index in [0.717, 1.165) is 25.1 Å².